The Kier molecular flexibility index (Phi) is 6.05. The highest BCUT2D eigenvalue weighted by atomic mass is 19.2. The van der Waals surface area contributed by atoms with Gasteiger partial charge in [-0.1, -0.05) is 18.2 Å². The summed E-state index contributed by atoms with van der Waals surface area (Å²) in [5, 5.41) is 2.47. The summed E-state index contributed by atoms with van der Waals surface area (Å²) >= 11 is 0. The molecule has 0 saturated heterocycles. The van der Waals surface area contributed by atoms with E-state index in [1.54, 1.807) is 24.3 Å². The largest absolute Gasteiger partial charge is 0.496 e. The molecular formula is C18H17F2NO4. The van der Waals surface area contributed by atoms with Gasteiger partial charge < -0.3 is 14.8 Å². The quantitative estimate of drug-likeness (QED) is 0.814. The summed E-state index contributed by atoms with van der Waals surface area (Å²) in [6, 6.07) is 8.74. The number of ether oxygens (including phenoxy) is 2. The van der Waals surface area contributed by atoms with Crippen LogP contribution in [0.5, 0.6) is 5.75 Å². The van der Waals surface area contributed by atoms with E-state index >= 15 is 0 Å². The smallest absolute Gasteiger partial charge is 0.328 e. The fraction of sp³-hybridized carbons (Fsp3) is 0.222. The molecule has 0 saturated carbocycles. The molecule has 7 heteroatoms. The molecule has 1 amide bonds. The number of nitrogens with one attached hydrogen (secondary N) is 1. The first kappa shape index (κ1) is 18.4. The minimum atomic E-state index is -1.15. The van der Waals surface area contributed by atoms with Crippen molar-refractivity contribution in [2.24, 2.45) is 0 Å². The van der Waals surface area contributed by atoms with Crippen LogP contribution < -0.4 is 10.1 Å². The van der Waals surface area contributed by atoms with Crippen LogP contribution in [0.4, 0.5) is 8.78 Å². The lowest BCUT2D eigenvalue weighted by atomic mass is 10.0. The van der Waals surface area contributed by atoms with E-state index in [4.69, 9.17) is 9.47 Å². The van der Waals surface area contributed by atoms with Crippen LogP contribution in [0.1, 0.15) is 15.9 Å². The van der Waals surface area contributed by atoms with Gasteiger partial charge in [0.1, 0.15) is 11.8 Å². The summed E-state index contributed by atoms with van der Waals surface area (Å²) in [7, 11) is 2.69. The van der Waals surface area contributed by atoms with Crippen molar-refractivity contribution in [3.05, 3.63) is 65.2 Å². The molecule has 0 aliphatic rings. The fourth-order valence-corrected chi connectivity index (χ4v) is 2.31. The Balaban J connectivity index is 2.21. The molecule has 2 aromatic rings. The number of carbonyl (C=O) groups is 2. The average Bonchev–Trinajstić information content (AvgIpc) is 2.63. The molecule has 1 atom stereocenters. The Morgan fingerprint density at radius 1 is 1.08 bits per heavy atom. The highest BCUT2D eigenvalue weighted by molar-refractivity contribution is 5.96. The Hall–Kier alpha value is -2.96. The zero-order chi connectivity index (χ0) is 18.4. The van der Waals surface area contributed by atoms with Crippen molar-refractivity contribution in [3.8, 4) is 5.75 Å². The highest BCUT2D eigenvalue weighted by Gasteiger charge is 2.24. The minimum Gasteiger partial charge on any atom is -0.496 e. The average molecular weight is 349 g/mol. The second kappa shape index (κ2) is 8.23. The number of hydrogen-bond donors (Lipinski definition) is 1. The molecule has 0 bridgehead atoms. The van der Waals surface area contributed by atoms with Gasteiger partial charge in [0.25, 0.3) is 5.91 Å². The third kappa shape index (κ3) is 4.53. The van der Waals surface area contributed by atoms with Gasteiger partial charge >= 0.3 is 5.97 Å². The molecule has 0 aliphatic carbocycles. The number of hydrogen-bond acceptors (Lipinski definition) is 4. The number of carbonyl (C=O) groups excluding carboxylic acids is 2. The highest BCUT2D eigenvalue weighted by Crippen LogP contribution is 2.19. The maximum atomic E-state index is 13.3. The number of amides is 1. The minimum absolute atomic E-state index is 0.104. The maximum Gasteiger partial charge on any atom is 0.328 e. The van der Waals surface area contributed by atoms with E-state index in [0.717, 1.165) is 18.2 Å². The van der Waals surface area contributed by atoms with Gasteiger partial charge in [0.05, 0.1) is 14.2 Å². The molecule has 1 N–H and O–H groups in total. The van der Waals surface area contributed by atoms with Gasteiger partial charge in [0.2, 0.25) is 0 Å². The van der Waals surface area contributed by atoms with Gasteiger partial charge in [-0.3, -0.25) is 4.79 Å². The topological polar surface area (TPSA) is 64.6 Å². The summed E-state index contributed by atoms with van der Waals surface area (Å²) in [4.78, 5) is 24.2. The van der Waals surface area contributed by atoms with Crippen molar-refractivity contribution in [2.45, 2.75) is 12.5 Å². The lowest BCUT2D eigenvalue weighted by Gasteiger charge is -2.18. The summed E-state index contributed by atoms with van der Waals surface area (Å²) in [5.74, 6) is -3.04. The van der Waals surface area contributed by atoms with Gasteiger partial charge in [0.15, 0.2) is 11.6 Å². The predicted molar refractivity (Wildman–Crippen MR) is 86.3 cm³/mol. The van der Waals surface area contributed by atoms with Crippen LogP contribution in [0.25, 0.3) is 0 Å². The van der Waals surface area contributed by atoms with Gasteiger partial charge in [-0.25, -0.2) is 13.6 Å². The van der Waals surface area contributed by atoms with Crippen LogP contribution in [0.3, 0.4) is 0 Å². The summed E-state index contributed by atoms with van der Waals surface area (Å²) in [6.07, 6.45) is 0.117. The van der Waals surface area contributed by atoms with E-state index in [0.29, 0.717) is 11.3 Å². The molecule has 0 spiro atoms. The van der Waals surface area contributed by atoms with Gasteiger partial charge in [-0.2, -0.15) is 0 Å². The molecule has 0 aromatic heterocycles. The summed E-state index contributed by atoms with van der Waals surface area (Å²) in [6.45, 7) is 0. The van der Waals surface area contributed by atoms with Crippen molar-refractivity contribution in [3.63, 3.8) is 0 Å². The van der Waals surface area contributed by atoms with E-state index < -0.39 is 29.6 Å². The molecule has 2 rings (SSSR count). The van der Waals surface area contributed by atoms with Crippen LogP contribution in [-0.2, 0) is 16.0 Å². The molecule has 2 aromatic carbocycles. The zero-order valence-electron chi connectivity index (χ0n) is 13.7. The van der Waals surface area contributed by atoms with Crippen LogP contribution in [0.2, 0.25) is 0 Å². The molecule has 0 unspecified atom stereocenters. The van der Waals surface area contributed by atoms with Crippen molar-refractivity contribution in [2.75, 3.05) is 14.2 Å². The first-order chi connectivity index (χ1) is 12.0. The van der Waals surface area contributed by atoms with Crippen molar-refractivity contribution < 1.29 is 27.8 Å². The molecule has 5 nitrogen and oxygen atoms in total. The Labute approximate surface area is 143 Å². The van der Waals surface area contributed by atoms with Crippen LogP contribution in [0, 0.1) is 11.6 Å². The second-order valence-electron chi connectivity index (χ2n) is 5.19. The SMILES string of the molecule is COC(=O)[C@@H](Cc1ccccc1OC)NC(=O)c1ccc(F)c(F)c1. The van der Waals surface area contributed by atoms with Crippen LogP contribution >= 0.6 is 0 Å². The summed E-state index contributed by atoms with van der Waals surface area (Å²) in [5.41, 5.74) is 0.582. The number of halogens is 2. The van der Waals surface area contributed by atoms with E-state index in [9.17, 15) is 18.4 Å². The number of para-hydroxylation sites is 1. The molecule has 0 heterocycles. The Morgan fingerprint density at radius 2 is 1.80 bits per heavy atom. The van der Waals surface area contributed by atoms with E-state index in [1.807, 2.05) is 0 Å². The van der Waals surface area contributed by atoms with Crippen molar-refractivity contribution in [1.29, 1.82) is 0 Å². The number of benzene rings is 2. The maximum absolute atomic E-state index is 13.3. The van der Waals surface area contributed by atoms with Gasteiger partial charge in [0, 0.05) is 12.0 Å². The molecule has 0 fully saturated rings. The molecule has 0 aliphatic heterocycles. The van der Waals surface area contributed by atoms with Crippen LogP contribution in [-0.4, -0.2) is 32.1 Å². The fourth-order valence-electron chi connectivity index (χ4n) is 2.31. The lowest BCUT2D eigenvalue weighted by Crippen LogP contribution is -2.43. The first-order valence-corrected chi connectivity index (χ1v) is 7.42. The van der Waals surface area contributed by atoms with E-state index in [1.165, 1.54) is 14.2 Å². The summed E-state index contributed by atoms with van der Waals surface area (Å²) < 4.78 is 36.2. The zero-order valence-corrected chi connectivity index (χ0v) is 13.7. The van der Waals surface area contributed by atoms with Gasteiger partial charge in [-0.15, -0.1) is 0 Å². The third-order valence-corrected chi connectivity index (χ3v) is 3.59. The second-order valence-corrected chi connectivity index (χ2v) is 5.19. The number of methoxy groups -OCH3 is 2. The monoisotopic (exact) mass is 349 g/mol. The first-order valence-electron chi connectivity index (χ1n) is 7.42. The van der Waals surface area contributed by atoms with Crippen molar-refractivity contribution in [1.82, 2.24) is 5.32 Å². The van der Waals surface area contributed by atoms with E-state index in [2.05, 4.69) is 5.32 Å². The predicted octanol–water partition coefficient (Wildman–Crippen LogP) is 2.49. The molecule has 132 valence electrons. The van der Waals surface area contributed by atoms with Gasteiger partial charge in [-0.05, 0) is 29.8 Å². The van der Waals surface area contributed by atoms with Crippen LogP contribution in [0.15, 0.2) is 42.5 Å². The van der Waals surface area contributed by atoms with E-state index in [-0.39, 0.29) is 12.0 Å². The standard InChI is InChI=1S/C18H17F2NO4/c1-24-16-6-4-3-5-11(16)10-15(18(23)25-2)21-17(22)12-7-8-13(19)14(20)9-12/h3-9,15H,10H2,1-2H3,(H,21,22)/t15-/m1/s1. The third-order valence-electron chi connectivity index (χ3n) is 3.59. The number of esters is 1. The lowest BCUT2D eigenvalue weighted by molar-refractivity contribution is -0.142. The molecule has 0 radical (unpaired) electrons. The normalized spacial score (nSPS) is 11.5. The Bertz CT molecular complexity index is 779. The Morgan fingerprint density at radius 3 is 2.44 bits per heavy atom. The number of rotatable bonds is 6. The molecular weight excluding hydrogens is 332 g/mol. The molecule has 25 heavy (non-hydrogen) atoms. The van der Waals surface area contributed by atoms with Crippen molar-refractivity contribution >= 4 is 11.9 Å².